The minimum atomic E-state index is -4.35. The number of methoxy groups -OCH3 is 1. The van der Waals surface area contributed by atoms with Gasteiger partial charge in [0.2, 0.25) is 0 Å². The second-order valence-electron chi connectivity index (χ2n) is 4.44. The number of sulfonamides is 1. The topological polar surface area (TPSA) is 98.5 Å². The molecule has 0 unspecified atom stereocenters. The maximum Gasteiger partial charge on any atom is 0.312 e. The molecule has 1 N–H and O–H groups in total. The number of hydrogen-bond acceptors (Lipinski definition) is 5. The van der Waals surface area contributed by atoms with E-state index in [0.717, 1.165) is 24.3 Å². The highest BCUT2D eigenvalue weighted by Crippen LogP contribution is 2.32. The lowest BCUT2D eigenvalue weighted by atomic mass is 10.3. The fourth-order valence-corrected chi connectivity index (χ4v) is 3.56. The highest BCUT2D eigenvalue weighted by atomic mass is 79.9. The number of nitrogens with one attached hydrogen (secondary N) is 1. The van der Waals surface area contributed by atoms with Gasteiger partial charge in [-0.3, -0.25) is 14.8 Å². The monoisotopic (exact) mass is 422 g/mol. The third kappa shape index (κ3) is 3.62. The van der Waals surface area contributed by atoms with Crippen LogP contribution in [0.4, 0.5) is 20.2 Å². The third-order valence-corrected chi connectivity index (χ3v) is 4.87. The van der Waals surface area contributed by atoms with Crippen molar-refractivity contribution in [2.45, 2.75) is 4.90 Å². The minimum Gasteiger partial charge on any atom is -0.490 e. The summed E-state index contributed by atoms with van der Waals surface area (Å²) in [7, 11) is -3.16. The normalized spacial score (nSPS) is 11.2. The van der Waals surface area contributed by atoms with Crippen LogP contribution in [-0.2, 0) is 10.0 Å². The molecule has 0 heterocycles. The summed E-state index contributed by atoms with van der Waals surface area (Å²) in [6, 6.07) is 4.30. The summed E-state index contributed by atoms with van der Waals surface area (Å²) in [4.78, 5) is 9.67. The first kappa shape index (κ1) is 18.1. The molecule has 7 nitrogen and oxygen atoms in total. The Balaban J connectivity index is 2.49. The Hall–Kier alpha value is -2.27. The van der Waals surface area contributed by atoms with Gasteiger partial charge in [0.05, 0.1) is 22.6 Å². The summed E-state index contributed by atoms with van der Waals surface area (Å²) in [5, 5.41) is 11.0. The molecule has 0 amide bonds. The van der Waals surface area contributed by atoms with Crippen molar-refractivity contribution in [1.29, 1.82) is 0 Å². The van der Waals surface area contributed by atoms with Crippen molar-refractivity contribution in [3.8, 4) is 5.75 Å². The maximum atomic E-state index is 13.8. The van der Waals surface area contributed by atoms with Gasteiger partial charge in [0, 0.05) is 16.6 Å². The Kier molecular flexibility index (Phi) is 5.04. The average Bonchev–Trinajstić information content (AvgIpc) is 2.50. The second kappa shape index (κ2) is 6.69. The SMILES string of the molecule is COc1ccc(S(=O)(=O)Nc2c(F)cc(F)cc2Br)cc1[N+](=O)[O-]. The standard InChI is InChI=1S/C13H9BrF2N2O5S/c1-23-12-3-2-8(6-11(12)18(19)20)24(21,22)17-13-9(14)4-7(15)5-10(13)16/h2-6,17H,1H3. The number of halogens is 3. The summed E-state index contributed by atoms with van der Waals surface area (Å²) in [5.74, 6) is -2.18. The van der Waals surface area contributed by atoms with Gasteiger partial charge in [-0.05, 0) is 34.1 Å². The first-order chi connectivity index (χ1) is 11.2. The molecule has 0 aliphatic heterocycles. The molecule has 0 spiro atoms. The predicted octanol–water partition coefficient (Wildman–Crippen LogP) is 3.44. The zero-order valence-corrected chi connectivity index (χ0v) is 14.3. The van der Waals surface area contributed by atoms with E-state index < -0.39 is 42.9 Å². The molecule has 2 aromatic carbocycles. The van der Waals surface area contributed by atoms with E-state index in [4.69, 9.17) is 4.74 Å². The number of benzene rings is 2. The van der Waals surface area contributed by atoms with E-state index in [9.17, 15) is 27.3 Å². The van der Waals surface area contributed by atoms with Crippen molar-refractivity contribution in [3.05, 3.63) is 56.6 Å². The van der Waals surface area contributed by atoms with Crippen LogP contribution < -0.4 is 9.46 Å². The molecular formula is C13H9BrF2N2O5S. The van der Waals surface area contributed by atoms with Crippen LogP contribution in [0.1, 0.15) is 0 Å². The Morgan fingerprint density at radius 2 is 1.92 bits per heavy atom. The Morgan fingerprint density at radius 1 is 1.25 bits per heavy atom. The number of anilines is 1. The van der Waals surface area contributed by atoms with Crippen molar-refractivity contribution in [2.24, 2.45) is 0 Å². The lowest BCUT2D eigenvalue weighted by Crippen LogP contribution is -2.15. The van der Waals surface area contributed by atoms with Gasteiger partial charge in [-0.25, -0.2) is 17.2 Å². The van der Waals surface area contributed by atoms with Gasteiger partial charge in [-0.1, -0.05) is 0 Å². The third-order valence-electron chi connectivity index (χ3n) is 2.90. The molecule has 0 bridgehead atoms. The molecule has 0 aliphatic carbocycles. The van der Waals surface area contributed by atoms with Crippen molar-refractivity contribution in [3.63, 3.8) is 0 Å². The highest BCUT2D eigenvalue weighted by Gasteiger charge is 2.24. The fourth-order valence-electron chi connectivity index (χ4n) is 1.81. The van der Waals surface area contributed by atoms with Crippen LogP contribution in [0.3, 0.4) is 0 Å². The number of nitro benzene ring substituents is 1. The summed E-state index contributed by atoms with van der Waals surface area (Å²) in [6.07, 6.45) is 0. The summed E-state index contributed by atoms with van der Waals surface area (Å²) >= 11 is 2.85. The van der Waals surface area contributed by atoms with Crippen LogP contribution in [0.25, 0.3) is 0 Å². The molecule has 0 fully saturated rings. The van der Waals surface area contributed by atoms with Crippen LogP contribution in [-0.4, -0.2) is 20.5 Å². The molecule has 0 saturated heterocycles. The quantitative estimate of drug-likeness (QED) is 0.587. The molecule has 0 aromatic heterocycles. The lowest BCUT2D eigenvalue weighted by Gasteiger charge is -2.11. The van der Waals surface area contributed by atoms with Crippen molar-refractivity contribution < 1.29 is 26.9 Å². The van der Waals surface area contributed by atoms with Gasteiger partial charge in [0.15, 0.2) is 11.6 Å². The molecule has 24 heavy (non-hydrogen) atoms. The molecule has 11 heteroatoms. The van der Waals surface area contributed by atoms with Crippen molar-refractivity contribution in [2.75, 3.05) is 11.8 Å². The van der Waals surface area contributed by atoms with E-state index in [1.165, 1.54) is 7.11 Å². The van der Waals surface area contributed by atoms with Gasteiger partial charge in [0.1, 0.15) is 5.82 Å². The zero-order valence-electron chi connectivity index (χ0n) is 11.9. The minimum absolute atomic E-state index is 0.131. The number of rotatable bonds is 5. The second-order valence-corrected chi connectivity index (χ2v) is 6.98. The number of nitro groups is 1. The molecule has 128 valence electrons. The summed E-state index contributed by atoms with van der Waals surface area (Å²) in [5.41, 5.74) is -1.09. The maximum absolute atomic E-state index is 13.8. The highest BCUT2D eigenvalue weighted by molar-refractivity contribution is 9.10. The van der Waals surface area contributed by atoms with Gasteiger partial charge < -0.3 is 4.74 Å². The van der Waals surface area contributed by atoms with E-state index in [0.29, 0.717) is 6.07 Å². The van der Waals surface area contributed by atoms with E-state index in [2.05, 4.69) is 15.9 Å². The molecule has 2 rings (SSSR count). The Morgan fingerprint density at radius 3 is 2.46 bits per heavy atom. The van der Waals surface area contributed by atoms with Crippen LogP contribution in [0, 0.1) is 21.7 Å². The van der Waals surface area contributed by atoms with Crippen LogP contribution in [0.5, 0.6) is 5.75 Å². The van der Waals surface area contributed by atoms with E-state index >= 15 is 0 Å². The first-order valence-electron chi connectivity index (χ1n) is 6.15. The molecule has 2 aromatic rings. The van der Waals surface area contributed by atoms with Crippen molar-refractivity contribution in [1.82, 2.24) is 0 Å². The van der Waals surface area contributed by atoms with Gasteiger partial charge in [-0.2, -0.15) is 0 Å². The van der Waals surface area contributed by atoms with Crippen molar-refractivity contribution >= 4 is 37.3 Å². The van der Waals surface area contributed by atoms with Crippen LogP contribution >= 0.6 is 15.9 Å². The van der Waals surface area contributed by atoms with E-state index in [-0.39, 0.29) is 10.2 Å². The predicted molar refractivity (Wildman–Crippen MR) is 84.5 cm³/mol. The zero-order chi connectivity index (χ0) is 18.1. The molecule has 0 saturated carbocycles. The number of ether oxygens (including phenoxy) is 1. The average molecular weight is 423 g/mol. The Bertz CT molecular complexity index is 898. The molecule has 0 atom stereocenters. The summed E-state index contributed by atoms with van der Waals surface area (Å²) < 4.78 is 58.0. The fraction of sp³-hybridized carbons (Fsp3) is 0.0769. The largest absolute Gasteiger partial charge is 0.490 e. The van der Waals surface area contributed by atoms with Crippen LogP contribution in [0.2, 0.25) is 0 Å². The van der Waals surface area contributed by atoms with E-state index in [1.54, 1.807) is 0 Å². The summed E-state index contributed by atoms with van der Waals surface area (Å²) in [6.45, 7) is 0. The van der Waals surface area contributed by atoms with E-state index in [1.807, 2.05) is 4.72 Å². The molecule has 0 radical (unpaired) electrons. The lowest BCUT2D eigenvalue weighted by molar-refractivity contribution is -0.386. The van der Waals surface area contributed by atoms with Gasteiger partial charge in [-0.15, -0.1) is 0 Å². The number of hydrogen-bond donors (Lipinski definition) is 1. The molecular weight excluding hydrogens is 414 g/mol. The number of nitrogens with zero attached hydrogens (tertiary/aromatic N) is 1. The van der Waals surface area contributed by atoms with Gasteiger partial charge >= 0.3 is 5.69 Å². The van der Waals surface area contributed by atoms with Gasteiger partial charge in [0.25, 0.3) is 10.0 Å². The first-order valence-corrected chi connectivity index (χ1v) is 8.43. The Labute approximate surface area is 143 Å². The van der Waals surface area contributed by atoms with Crippen LogP contribution in [0.15, 0.2) is 39.7 Å². The molecule has 0 aliphatic rings. The smallest absolute Gasteiger partial charge is 0.312 e.